The molecule has 0 amide bonds. The van der Waals surface area contributed by atoms with Crippen LogP contribution >= 0.6 is 0 Å². The van der Waals surface area contributed by atoms with Crippen molar-refractivity contribution in [2.75, 3.05) is 18.0 Å². The van der Waals surface area contributed by atoms with Gasteiger partial charge in [0.05, 0.1) is 31.1 Å². The number of para-hydroxylation sites is 2. The second-order valence-corrected chi connectivity index (χ2v) is 14.9. The third-order valence-electron chi connectivity index (χ3n) is 6.59. The summed E-state index contributed by atoms with van der Waals surface area (Å²) in [6.07, 6.45) is 1.03. The van der Waals surface area contributed by atoms with Crippen LogP contribution < -0.4 is 4.90 Å². The normalized spacial score (nSPS) is 17.2. The van der Waals surface area contributed by atoms with Crippen LogP contribution in [0.3, 0.4) is 0 Å². The van der Waals surface area contributed by atoms with E-state index in [1.54, 1.807) is 0 Å². The Kier molecular flexibility index (Phi) is 5.81. The SMILES string of the molecule is C[Si](C)(C)C1=C2CCN(c3ccccc3)CC2=C(c2ccc(C#N)cc2)C1=Nc1ccccc1. The number of hydrogen-bond acceptors (Lipinski definition) is 3. The molecule has 168 valence electrons. The Morgan fingerprint density at radius 1 is 0.824 bits per heavy atom. The molecule has 0 aromatic heterocycles. The van der Waals surface area contributed by atoms with Crippen LogP contribution in [0.4, 0.5) is 11.4 Å². The van der Waals surface area contributed by atoms with Crippen LogP contribution in [0.2, 0.25) is 19.6 Å². The molecule has 0 unspecified atom stereocenters. The van der Waals surface area contributed by atoms with Gasteiger partial charge in [0, 0.05) is 24.4 Å². The van der Waals surface area contributed by atoms with Crippen molar-refractivity contribution in [2.24, 2.45) is 4.99 Å². The van der Waals surface area contributed by atoms with Gasteiger partial charge in [-0.05, 0) is 64.7 Å². The zero-order valence-corrected chi connectivity index (χ0v) is 21.0. The number of nitrogens with zero attached hydrogens (tertiary/aromatic N) is 3. The molecule has 0 atom stereocenters. The van der Waals surface area contributed by atoms with Crippen molar-refractivity contribution in [1.82, 2.24) is 0 Å². The lowest BCUT2D eigenvalue weighted by Crippen LogP contribution is -2.34. The Morgan fingerprint density at radius 2 is 1.47 bits per heavy atom. The first-order valence-electron chi connectivity index (χ1n) is 11.9. The van der Waals surface area contributed by atoms with Gasteiger partial charge in [0.2, 0.25) is 0 Å². The largest absolute Gasteiger partial charge is 0.367 e. The number of piperidine rings is 1. The third kappa shape index (κ3) is 4.15. The fourth-order valence-electron chi connectivity index (χ4n) is 5.11. The fraction of sp³-hybridized carbons (Fsp3) is 0.200. The summed E-state index contributed by atoms with van der Waals surface area (Å²) >= 11 is 0. The first-order chi connectivity index (χ1) is 16.5. The lowest BCUT2D eigenvalue weighted by atomic mass is 9.93. The van der Waals surface area contributed by atoms with Crippen LogP contribution in [0, 0.1) is 11.3 Å². The summed E-state index contributed by atoms with van der Waals surface area (Å²) in [6, 6.07) is 31.3. The maximum Gasteiger partial charge on any atom is 0.0991 e. The molecule has 3 nitrogen and oxygen atoms in total. The molecule has 3 aromatic rings. The highest BCUT2D eigenvalue weighted by molar-refractivity contribution is 6.89. The van der Waals surface area contributed by atoms with E-state index in [0.29, 0.717) is 5.56 Å². The van der Waals surface area contributed by atoms with Crippen molar-refractivity contribution < 1.29 is 0 Å². The van der Waals surface area contributed by atoms with Crippen LogP contribution in [0.15, 0.2) is 106 Å². The quantitative estimate of drug-likeness (QED) is 0.388. The second kappa shape index (κ2) is 8.93. The highest BCUT2D eigenvalue weighted by Crippen LogP contribution is 2.45. The van der Waals surface area contributed by atoms with Gasteiger partial charge < -0.3 is 4.90 Å². The molecule has 0 saturated carbocycles. The van der Waals surface area contributed by atoms with E-state index in [0.717, 1.165) is 36.5 Å². The molecule has 1 heterocycles. The molecule has 5 rings (SSSR count). The van der Waals surface area contributed by atoms with E-state index < -0.39 is 8.07 Å². The van der Waals surface area contributed by atoms with Gasteiger partial charge in [-0.2, -0.15) is 5.26 Å². The molecule has 1 aliphatic carbocycles. The smallest absolute Gasteiger partial charge is 0.0991 e. The van der Waals surface area contributed by atoms with Gasteiger partial charge in [-0.25, -0.2) is 4.99 Å². The van der Waals surface area contributed by atoms with Crippen molar-refractivity contribution in [3.05, 3.63) is 112 Å². The predicted molar refractivity (Wildman–Crippen MR) is 145 cm³/mol. The molecule has 34 heavy (non-hydrogen) atoms. The molecule has 0 N–H and O–H groups in total. The number of fused-ring (bicyclic) bond motifs is 1. The van der Waals surface area contributed by atoms with Crippen molar-refractivity contribution >= 4 is 30.7 Å². The summed E-state index contributed by atoms with van der Waals surface area (Å²) in [5.41, 5.74) is 9.34. The monoisotopic (exact) mass is 459 g/mol. The zero-order valence-electron chi connectivity index (χ0n) is 20.0. The minimum atomic E-state index is -1.71. The molecule has 3 aromatic carbocycles. The minimum Gasteiger partial charge on any atom is -0.367 e. The molecule has 1 aliphatic heterocycles. The number of benzene rings is 3. The van der Waals surface area contributed by atoms with E-state index in [4.69, 9.17) is 4.99 Å². The maximum absolute atomic E-state index is 9.34. The Labute approximate surface area is 203 Å². The first kappa shape index (κ1) is 22.1. The molecule has 1 fully saturated rings. The van der Waals surface area contributed by atoms with E-state index in [1.807, 2.05) is 30.3 Å². The first-order valence-corrected chi connectivity index (χ1v) is 15.4. The highest BCUT2D eigenvalue weighted by Gasteiger charge is 2.39. The van der Waals surface area contributed by atoms with Gasteiger partial charge in [0.1, 0.15) is 0 Å². The fourth-order valence-corrected chi connectivity index (χ4v) is 7.19. The lowest BCUT2D eigenvalue weighted by Gasteiger charge is -2.33. The second-order valence-electron chi connectivity index (χ2n) is 9.95. The lowest BCUT2D eigenvalue weighted by molar-refractivity contribution is 0.771. The van der Waals surface area contributed by atoms with Crippen molar-refractivity contribution in [3.8, 4) is 6.07 Å². The summed E-state index contributed by atoms with van der Waals surface area (Å²) in [4.78, 5) is 7.76. The van der Waals surface area contributed by atoms with Crippen LogP contribution in [-0.4, -0.2) is 26.9 Å². The van der Waals surface area contributed by atoms with Crippen molar-refractivity contribution in [3.63, 3.8) is 0 Å². The van der Waals surface area contributed by atoms with Gasteiger partial charge in [-0.15, -0.1) is 0 Å². The average Bonchev–Trinajstić information content (AvgIpc) is 3.18. The Balaban J connectivity index is 1.72. The summed E-state index contributed by atoms with van der Waals surface area (Å²) in [5, 5.41) is 10.8. The van der Waals surface area contributed by atoms with Crippen LogP contribution in [0.25, 0.3) is 5.57 Å². The predicted octanol–water partition coefficient (Wildman–Crippen LogP) is 7.18. The number of aliphatic imine (C=N–C) groups is 1. The molecular weight excluding hydrogens is 430 g/mol. The number of hydrogen-bond donors (Lipinski definition) is 0. The number of allylic oxidation sites excluding steroid dienone is 2. The van der Waals surface area contributed by atoms with Gasteiger partial charge in [0.15, 0.2) is 0 Å². The average molecular weight is 460 g/mol. The van der Waals surface area contributed by atoms with Crippen molar-refractivity contribution in [2.45, 2.75) is 26.1 Å². The van der Waals surface area contributed by atoms with E-state index in [1.165, 1.54) is 27.6 Å². The third-order valence-corrected chi connectivity index (χ3v) is 8.63. The number of rotatable bonds is 4. The molecule has 4 heteroatoms. The zero-order chi connectivity index (χ0) is 23.7. The minimum absolute atomic E-state index is 0.682. The maximum atomic E-state index is 9.34. The molecule has 1 saturated heterocycles. The summed E-state index contributed by atoms with van der Waals surface area (Å²) in [5.74, 6) is 0. The molecule has 0 bridgehead atoms. The molecule has 0 radical (unpaired) electrons. The standard InChI is InChI=1S/C30H29N3Si/c1-34(2,3)30-26-18-19-33(25-12-8-5-9-13-25)21-27(26)28(23-16-14-22(20-31)15-17-23)29(30)32-24-10-6-4-7-11-24/h4-17H,18-19,21H2,1-3H3. The van der Waals surface area contributed by atoms with E-state index in [-0.39, 0.29) is 0 Å². The van der Waals surface area contributed by atoms with E-state index in [9.17, 15) is 5.26 Å². The highest BCUT2D eigenvalue weighted by atomic mass is 28.3. The van der Waals surface area contributed by atoms with Gasteiger partial charge in [-0.3, -0.25) is 0 Å². The van der Waals surface area contributed by atoms with E-state index >= 15 is 0 Å². The Bertz CT molecular complexity index is 1340. The molecule has 2 aliphatic rings. The molecule has 0 spiro atoms. The van der Waals surface area contributed by atoms with Gasteiger partial charge >= 0.3 is 0 Å². The number of nitriles is 1. The van der Waals surface area contributed by atoms with Crippen molar-refractivity contribution in [1.29, 1.82) is 5.26 Å². The Hall–Kier alpha value is -3.68. The topological polar surface area (TPSA) is 39.4 Å². The van der Waals surface area contributed by atoms with E-state index in [2.05, 4.69) is 85.2 Å². The van der Waals surface area contributed by atoms with Crippen LogP contribution in [0.1, 0.15) is 17.5 Å². The van der Waals surface area contributed by atoms with Gasteiger partial charge in [0.25, 0.3) is 0 Å². The Morgan fingerprint density at radius 3 is 2.09 bits per heavy atom. The summed E-state index contributed by atoms with van der Waals surface area (Å²) in [6.45, 7) is 9.17. The summed E-state index contributed by atoms with van der Waals surface area (Å²) < 4.78 is 0. The van der Waals surface area contributed by atoms with Crippen LogP contribution in [0.5, 0.6) is 0 Å². The van der Waals surface area contributed by atoms with Gasteiger partial charge in [-0.1, -0.05) is 68.2 Å². The molecular formula is C30H29N3Si. The number of anilines is 1. The summed E-state index contributed by atoms with van der Waals surface area (Å²) in [7, 11) is -1.71. The van der Waals surface area contributed by atoms with Crippen LogP contribution in [-0.2, 0) is 0 Å².